The Balaban J connectivity index is 2.32. The van der Waals surface area contributed by atoms with Crippen molar-refractivity contribution in [3.63, 3.8) is 0 Å². The van der Waals surface area contributed by atoms with E-state index in [0.717, 1.165) is 23.2 Å². The molecule has 0 aliphatic carbocycles. The molecule has 4 heteroatoms. The molecule has 2 rings (SSSR count). The number of nitrogens with one attached hydrogen (secondary N) is 1. The summed E-state index contributed by atoms with van der Waals surface area (Å²) in [5, 5.41) is 5.48. The van der Waals surface area contributed by atoms with Gasteiger partial charge in [-0.2, -0.15) is 0 Å². The fourth-order valence-corrected chi connectivity index (χ4v) is 3.56. The molecular weight excluding hydrogens is 322 g/mol. The maximum absolute atomic E-state index is 5.85. The largest absolute Gasteiger partial charge is 0.493 e. The second-order valence-electron chi connectivity index (χ2n) is 4.28. The summed E-state index contributed by atoms with van der Waals surface area (Å²) >= 11 is 5.26. The van der Waals surface area contributed by atoms with E-state index in [1.165, 1.54) is 10.4 Å². The third kappa shape index (κ3) is 3.59. The highest BCUT2D eigenvalue weighted by Gasteiger charge is 2.17. The Bertz CT molecular complexity index is 526. The van der Waals surface area contributed by atoms with Crippen molar-refractivity contribution in [3.8, 4) is 5.75 Å². The average molecular weight is 340 g/mol. The zero-order valence-corrected chi connectivity index (χ0v) is 13.6. The van der Waals surface area contributed by atoms with Gasteiger partial charge in [0.15, 0.2) is 0 Å². The lowest BCUT2D eigenvalue weighted by atomic mass is 10.0. The van der Waals surface area contributed by atoms with Gasteiger partial charge in [0.25, 0.3) is 0 Å². The summed E-state index contributed by atoms with van der Waals surface area (Å²) in [5.74, 6) is 0.966. The van der Waals surface area contributed by atoms with Crippen LogP contribution in [-0.2, 0) is 0 Å². The Kier molecular flexibility index (Phi) is 5.43. The third-order valence-electron chi connectivity index (χ3n) is 2.85. The van der Waals surface area contributed by atoms with E-state index in [4.69, 9.17) is 4.74 Å². The highest BCUT2D eigenvalue weighted by Crippen LogP contribution is 2.34. The topological polar surface area (TPSA) is 21.3 Å². The molecule has 0 aliphatic heterocycles. The van der Waals surface area contributed by atoms with E-state index in [0.29, 0.717) is 0 Å². The lowest BCUT2D eigenvalue weighted by Crippen LogP contribution is -2.17. The Labute approximate surface area is 126 Å². The van der Waals surface area contributed by atoms with Gasteiger partial charge in [-0.05, 0) is 41.5 Å². The molecule has 1 aromatic heterocycles. The quantitative estimate of drug-likeness (QED) is 0.829. The van der Waals surface area contributed by atoms with E-state index in [1.54, 1.807) is 11.3 Å². The first-order valence-corrected chi connectivity index (χ1v) is 8.06. The lowest BCUT2D eigenvalue weighted by Gasteiger charge is -2.19. The van der Waals surface area contributed by atoms with Crippen LogP contribution in [0.15, 0.2) is 40.2 Å². The first kappa shape index (κ1) is 14.6. The van der Waals surface area contributed by atoms with E-state index < -0.39 is 0 Å². The first-order valence-electron chi connectivity index (χ1n) is 6.39. The standard InChI is InChI=1S/C15H18BrNOS/c1-3-8-18-13-7-5-4-6-12(13)15(17-2)14-9-11(16)10-19-14/h4-7,9-10,15,17H,3,8H2,1-2H3. The summed E-state index contributed by atoms with van der Waals surface area (Å²) in [6.07, 6.45) is 1.02. The van der Waals surface area contributed by atoms with Gasteiger partial charge in [0.2, 0.25) is 0 Å². The number of benzene rings is 1. The summed E-state index contributed by atoms with van der Waals surface area (Å²) < 4.78 is 6.98. The van der Waals surface area contributed by atoms with Crippen LogP contribution in [0.25, 0.3) is 0 Å². The third-order valence-corrected chi connectivity index (χ3v) is 4.61. The molecular formula is C15H18BrNOS. The molecule has 2 aromatic rings. The minimum Gasteiger partial charge on any atom is -0.493 e. The maximum Gasteiger partial charge on any atom is 0.124 e. The minimum absolute atomic E-state index is 0.171. The number of thiophene rings is 1. The molecule has 0 bridgehead atoms. The van der Waals surface area contributed by atoms with Crippen molar-refractivity contribution in [1.29, 1.82) is 0 Å². The molecule has 19 heavy (non-hydrogen) atoms. The van der Waals surface area contributed by atoms with Crippen LogP contribution in [0.1, 0.15) is 29.8 Å². The van der Waals surface area contributed by atoms with Gasteiger partial charge in [0.1, 0.15) is 5.75 Å². The molecule has 1 atom stereocenters. The number of halogens is 1. The molecule has 102 valence electrons. The van der Waals surface area contributed by atoms with Gasteiger partial charge < -0.3 is 10.1 Å². The fourth-order valence-electron chi connectivity index (χ4n) is 1.99. The number of hydrogen-bond acceptors (Lipinski definition) is 3. The van der Waals surface area contributed by atoms with Crippen molar-refractivity contribution >= 4 is 27.3 Å². The maximum atomic E-state index is 5.85. The Morgan fingerprint density at radius 1 is 1.37 bits per heavy atom. The van der Waals surface area contributed by atoms with Gasteiger partial charge in [-0.25, -0.2) is 0 Å². The molecule has 0 aliphatic rings. The van der Waals surface area contributed by atoms with Crippen molar-refractivity contribution in [1.82, 2.24) is 5.32 Å². The number of rotatable bonds is 6. The molecule has 1 N–H and O–H groups in total. The summed E-state index contributed by atoms with van der Waals surface area (Å²) in [6.45, 7) is 2.87. The predicted octanol–water partition coefficient (Wildman–Crippen LogP) is 4.61. The van der Waals surface area contributed by atoms with Crippen molar-refractivity contribution in [2.24, 2.45) is 0 Å². The number of hydrogen-bond donors (Lipinski definition) is 1. The molecule has 0 saturated heterocycles. The number of para-hydroxylation sites is 1. The molecule has 0 saturated carbocycles. The molecule has 2 nitrogen and oxygen atoms in total. The molecule has 1 aromatic carbocycles. The smallest absolute Gasteiger partial charge is 0.124 e. The highest BCUT2D eigenvalue weighted by atomic mass is 79.9. The van der Waals surface area contributed by atoms with Crippen LogP contribution in [0.3, 0.4) is 0 Å². The van der Waals surface area contributed by atoms with Crippen LogP contribution in [0.4, 0.5) is 0 Å². The van der Waals surface area contributed by atoms with E-state index >= 15 is 0 Å². The van der Waals surface area contributed by atoms with Gasteiger partial charge in [-0.3, -0.25) is 0 Å². The second kappa shape index (κ2) is 7.08. The van der Waals surface area contributed by atoms with Crippen LogP contribution < -0.4 is 10.1 Å². The van der Waals surface area contributed by atoms with Crippen LogP contribution in [0, 0.1) is 0 Å². The summed E-state index contributed by atoms with van der Waals surface area (Å²) in [5.41, 5.74) is 1.19. The molecule has 0 spiro atoms. The minimum atomic E-state index is 0.171. The Morgan fingerprint density at radius 2 is 2.16 bits per heavy atom. The highest BCUT2D eigenvalue weighted by molar-refractivity contribution is 9.10. The molecule has 1 unspecified atom stereocenters. The van der Waals surface area contributed by atoms with Crippen molar-refractivity contribution in [3.05, 3.63) is 50.6 Å². The van der Waals surface area contributed by atoms with E-state index in [-0.39, 0.29) is 6.04 Å². The SMILES string of the molecule is CCCOc1ccccc1C(NC)c1cc(Br)cs1. The monoisotopic (exact) mass is 339 g/mol. The molecule has 0 fully saturated rings. The van der Waals surface area contributed by atoms with Crippen molar-refractivity contribution in [2.45, 2.75) is 19.4 Å². The second-order valence-corrected chi connectivity index (χ2v) is 6.13. The zero-order chi connectivity index (χ0) is 13.7. The average Bonchev–Trinajstić information content (AvgIpc) is 2.85. The first-order chi connectivity index (χ1) is 9.26. The predicted molar refractivity (Wildman–Crippen MR) is 85.1 cm³/mol. The van der Waals surface area contributed by atoms with Gasteiger partial charge >= 0.3 is 0 Å². The van der Waals surface area contributed by atoms with Gasteiger partial charge in [0.05, 0.1) is 12.6 Å². The zero-order valence-electron chi connectivity index (χ0n) is 11.2. The van der Waals surface area contributed by atoms with Crippen molar-refractivity contribution in [2.75, 3.05) is 13.7 Å². The molecule has 0 amide bonds. The molecule has 1 heterocycles. The van der Waals surface area contributed by atoms with Crippen LogP contribution in [-0.4, -0.2) is 13.7 Å². The molecule has 0 radical (unpaired) electrons. The van der Waals surface area contributed by atoms with Gasteiger partial charge in [0, 0.05) is 20.3 Å². The van der Waals surface area contributed by atoms with E-state index in [9.17, 15) is 0 Å². The van der Waals surface area contributed by atoms with E-state index in [2.05, 4.69) is 51.7 Å². The lowest BCUT2D eigenvalue weighted by molar-refractivity contribution is 0.312. The van der Waals surface area contributed by atoms with Crippen molar-refractivity contribution < 1.29 is 4.74 Å². The summed E-state index contributed by atoms with van der Waals surface area (Å²) in [7, 11) is 1.98. The summed E-state index contributed by atoms with van der Waals surface area (Å²) in [4.78, 5) is 1.28. The van der Waals surface area contributed by atoms with Crippen LogP contribution in [0.2, 0.25) is 0 Å². The van der Waals surface area contributed by atoms with Crippen LogP contribution >= 0.6 is 27.3 Å². The van der Waals surface area contributed by atoms with Gasteiger partial charge in [-0.15, -0.1) is 11.3 Å². The van der Waals surface area contributed by atoms with Gasteiger partial charge in [-0.1, -0.05) is 25.1 Å². The Morgan fingerprint density at radius 3 is 2.79 bits per heavy atom. The Hall–Kier alpha value is -0.840. The van der Waals surface area contributed by atoms with E-state index in [1.807, 2.05) is 19.2 Å². The summed E-state index contributed by atoms with van der Waals surface area (Å²) in [6, 6.07) is 10.6. The normalized spacial score (nSPS) is 12.4. The van der Waals surface area contributed by atoms with Crippen LogP contribution in [0.5, 0.6) is 5.75 Å². The fraction of sp³-hybridized carbons (Fsp3) is 0.333. The number of ether oxygens (including phenoxy) is 1.